The fraction of sp³-hybridized carbons (Fsp3) is 0.231. The first kappa shape index (κ1) is 14.3. The van der Waals surface area contributed by atoms with Crippen molar-refractivity contribution in [2.75, 3.05) is 24.7 Å². The Balaban J connectivity index is 1.92. The van der Waals surface area contributed by atoms with E-state index in [2.05, 4.69) is 15.3 Å². The molecule has 2 rings (SSSR count). The molecule has 0 aliphatic carbocycles. The SMILES string of the molecule is CS(=O)(=O)c1cccnc1NCCOc1cccnc1. The number of aromatic nitrogens is 2. The molecule has 0 spiro atoms. The summed E-state index contributed by atoms with van der Waals surface area (Å²) in [4.78, 5) is 8.14. The summed E-state index contributed by atoms with van der Waals surface area (Å²) in [7, 11) is -3.30. The number of hydrogen-bond donors (Lipinski definition) is 1. The van der Waals surface area contributed by atoms with Crippen LogP contribution in [0.5, 0.6) is 5.75 Å². The molecule has 0 radical (unpaired) electrons. The third kappa shape index (κ3) is 3.92. The maximum Gasteiger partial charge on any atom is 0.179 e. The third-order valence-electron chi connectivity index (χ3n) is 2.47. The molecular formula is C13H15N3O3S. The maximum absolute atomic E-state index is 11.6. The van der Waals surface area contributed by atoms with Crippen molar-refractivity contribution in [3.05, 3.63) is 42.9 Å². The first-order chi connectivity index (χ1) is 9.57. The smallest absolute Gasteiger partial charge is 0.179 e. The topological polar surface area (TPSA) is 81.2 Å². The third-order valence-corrected chi connectivity index (χ3v) is 3.60. The predicted molar refractivity (Wildman–Crippen MR) is 75.6 cm³/mol. The first-order valence-corrected chi connectivity index (χ1v) is 7.88. The summed E-state index contributed by atoms with van der Waals surface area (Å²) in [5, 5.41) is 2.95. The van der Waals surface area contributed by atoms with Crippen LogP contribution in [0.3, 0.4) is 0 Å². The first-order valence-electron chi connectivity index (χ1n) is 5.99. The van der Waals surface area contributed by atoms with Crippen LogP contribution in [0.4, 0.5) is 5.82 Å². The maximum atomic E-state index is 11.6. The molecule has 2 aromatic rings. The van der Waals surface area contributed by atoms with Crippen LogP contribution in [0.1, 0.15) is 0 Å². The van der Waals surface area contributed by atoms with E-state index in [4.69, 9.17) is 4.74 Å². The summed E-state index contributed by atoms with van der Waals surface area (Å²) < 4.78 is 28.6. The number of nitrogens with one attached hydrogen (secondary N) is 1. The Labute approximate surface area is 117 Å². The van der Waals surface area contributed by atoms with Crippen LogP contribution < -0.4 is 10.1 Å². The fourth-order valence-corrected chi connectivity index (χ4v) is 2.40. The lowest BCUT2D eigenvalue weighted by molar-refractivity contribution is 0.331. The summed E-state index contributed by atoms with van der Waals surface area (Å²) in [5.41, 5.74) is 0. The largest absolute Gasteiger partial charge is 0.490 e. The van der Waals surface area contributed by atoms with E-state index in [-0.39, 0.29) is 4.90 Å². The number of hydrogen-bond acceptors (Lipinski definition) is 6. The quantitative estimate of drug-likeness (QED) is 0.810. The van der Waals surface area contributed by atoms with Crippen LogP contribution in [0.15, 0.2) is 47.8 Å². The Kier molecular flexibility index (Phi) is 4.52. The number of sulfone groups is 1. The van der Waals surface area contributed by atoms with Gasteiger partial charge in [-0.05, 0) is 24.3 Å². The zero-order valence-corrected chi connectivity index (χ0v) is 11.8. The van der Waals surface area contributed by atoms with Crippen LogP contribution >= 0.6 is 0 Å². The van der Waals surface area contributed by atoms with Gasteiger partial charge < -0.3 is 10.1 Å². The molecule has 0 saturated carbocycles. The van der Waals surface area contributed by atoms with Crippen LogP contribution in [-0.2, 0) is 9.84 Å². The fourth-order valence-electron chi connectivity index (χ4n) is 1.59. The van der Waals surface area contributed by atoms with Gasteiger partial charge in [0.1, 0.15) is 23.1 Å². The van der Waals surface area contributed by atoms with E-state index in [9.17, 15) is 8.42 Å². The Hall–Kier alpha value is -2.15. The molecule has 0 unspecified atom stereocenters. The molecule has 0 amide bonds. The van der Waals surface area contributed by atoms with Gasteiger partial charge in [0.15, 0.2) is 9.84 Å². The summed E-state index contributed by atoms with van der Waals surface area (Å²) in [6, 6.07) is 6.69. The van der Waals surface area contributed by atoms with Crippen LogP contribution in [0.2, 0.25) is 0 Å². The second-order valence-electron chi connectivity index (χ2n) is 4.09. The molecule has 2 heterocycles. The molecule has 1 N–H and O–H groups in total. The van der Waals surface area contributed by atoms with Crippen LogP contribution in [0.25, 0.3) is 0 Å². The molecule has 0 aliphatic heterocycles. The molecule has 106 valence electrons. The number of anilines is 1. The summed E-state index contributed by atoms with van der Waals surface area (Å²) in [5.74, 6) is 1.00. The van der Waals surface area contributed by atoms with Gasteiger partial charge in [0.2, 0.25) is 0 Å². The van der Waals surface area contributed by atoms with Gasteiger partial charge in [-0.2, -0.15) is 0 Å². The molecule has 0 saturated heterocycles. The van der Waals surface area contributed by atoms with Gasteiger partial charge in [0, 0.05) is 18.6 Å². The summed E-state index contributed by atoms with van der Waals surface area (Å²) in [6.07, 6.45) is 5.97. The second-order valence-corrected chi connectivity index (χ2v) is 6.07. The van der Waals surface area contributed by atoms with Crippen molar-refractivity contribution in [2.45, 2.75) is 4.90 Å². The lowest BCUT2D eigenvalue weighted by atomic mass is 10.4. The van der Waals surface area contributed by atoms with E-state index in [0.717, 1.165) is 6.26 Å². The predicted octanol–water partition coefficient (Wildman–Crippen LogP) is 1.37. The number of pyridine rings is 2. The lowest BCUT2D eigenvalue weighted by Gasteiger charge is -2.10. The van der Waals surface area contributed by atoms with Crippen molar-refractivity contribution in [2.24, 2.45) is 0 Å². The van der Waals surface area contributed by atoms with E-state index in [1.54, 1.807) is 36.8 Å². The van der Waals surface area contributed by atoms with Gasteiger partial charge in [-0.3, -0.25) is 4.98 Å². The van der Waals surface area contributed by atoms with E-state index in [1.807, 2.05) is 0 Å². The average Bonchev–Trinajstić information content (AvgIpc) is 2.44. The van der Waals surface area contributed by atoms with Crippen LogP contribution in [0, 0.1) is 0 Å². The highest BCUT2D eigenvalue weighted by Gasteiger charge is 2.13. The molecule has 2 aromatic heterocycles. The number of nitrogens with zero attached hydrogens (tertiary/aromatic N) is 2. The molecule has 6 nitrogen and oxygen atoms in total. The van der Waals surface area contributed by atoms with Crippen molar-refractivity contribution >= 4 is 15.7 Å². The van der Waals surface area contributed by atoms with Crippen molar-refractivity contribution in [1.29, 1.82) is 0 Å². The minimum absolute atomic E-state index is 0.182. The Morgan fingerprint density at radius 3 is 2.75 bits per heavy atom. The van der Waals surface area contributed by atoms with Gasteiger partial charge in [-0.1, -0.05) is 0 Å². The minimum Gasteiger partial charge on any atom is -0.490 e. The van der Waals surface area contributed by atoms with Crippen molar-refractivity contribution in [1.82, 2.24) is 9.97 Å². The van der Waals surface area contributed by atoms with Gasteiger partial charge in [-0.25, -0.2) is 13.4 Å². The highest BCUT2D eigenvalue weighted by atomic mass is 32.2. The monoisotopic (exact) mass is 293 g/mol. The molecule has 0 aliphatic rings. The van der Waals surface area contributed by atoms with Gasteiger partial charge in [0.05, 0.1) is 12.7 Å². The van der Waals surface area contributed by atoms with E-state index >= 15 is 0 Å². The molecule has 0 aromatic carbocycles. The standard InChI is InChI=1S/C13H15N3O3S/c1-20(17,18)12-5-3-7-15-13(12)16-8-9-19-11-4-2-6-14-10-11/h2-7,10H,8-9H2,1H3,(H,15,16). The van der Waals surface area contributed by atoms with Crippen molar-refractivity contribution in [3.8, 4) is 5.75 Å². The average molecular weight is 293 g/mol. The highest BCUT2D eigenvalue weighted by Crippen LogP contribution is 2.17. The van der Waals surface area contributed by atoms with Crippen molar-refractivity contribution in [3.63, 3.8) is 0 Å². The normalized spacial score (nSPS) is 11.1. The number of ether oxygens (including phenoxy) is 1. The Bertz CT molecular complexity index is 660. The molecule has 0 atom stereocenters. The Morgan fingerprint density at radius 2 is 2.05 bits per heavy atom. The lowest BCUT2D eigenvalue weighted by Crippen LogP contribution is -2.14. The molecule has 0 fully saturated rings. The summed E-state index contributed by atoms with van der Waals surface area (Å²) >= 11 is 0. The zero-order valence-electron chi connectivity index (χ0n) is 11.0. The van der Waals surface area contributed by atoms with E-state index in [0.29, 0.717) is 24.7 Å². The van der Waals surface area contributed by atoms with E-state index in [1.165, 1.54) is 6.07 Å². The summed E-state index contributed by atoms with van der Waals surface area (Å²) in [6.45, 7) is 0.819. The van der Waals surface area contributed by atoms with Gasteiger partial charge in [-0.15, -0.1) is 0 Å². The van der Waals surface area contributed by atoms with Gasteiger partial charge >= 0.3 is 0 Å². The Morgan fingerprint density at radius 1 is 1.25 bits per heavy atom. The molecule has 7 heteroatoms. The molecular weight excluding hydrogens is 278 g/mol. The van der Waals surface area contributed by atoms with Crippen molar-refractivity contribution < 1.29 is 13.2 Å². The highest BCUT2D eigenvalue weighted by molar-refractivity contribution is 7.90. The number of rotatable bonds is 6. The molecule has 20 heavy (non-hydrogen) atoms. The second kappa shape index (κ2) is 6.33. The molecule has 0 bridgehead atoms. The minimum atomic E-state index is -3.30. The van der Waals surface area contributed by atoms with E-state index < -0.39 is 9.84 Å². The van der Waals surface area contributed by atoms with Gasteiger partial charge in [0.25, 0.3) is 0 Å². The zero-order chi connectivity index (χ0) is 14.4. The van der Waals surface area contributed by atoms with Crippen LogP contribution in [-0.4, -0.2) is 37.8 Å².